The predicted molar refractivity (Wildman–Crippen MR) is 76.6 cm³/mol. The Balaban J connectivity index is 2.28. The van der Waals surface area contributed by atoms with Gasteiger partial charge in [0.25, 0.3) is 0 Å². The standard InChI is InChI=1S/C14H26B2O2/c1-4-6-7-11(5-2)8-12-9-13(3,10-12)18-14(15,16)17/h11-12,17H,4-10H2,1-3H3. The van der Waals surface area contributed by atoms with Gasteiger partial charge in [0.2, 0.25) is 0 Å². The topological polar surface area (TPSA) is 29.5 Å². The fourth-order valence-electron chi connectivity index (χ4n) is 3.26. The Morgan fingerprint density at radius 2 is 2.00 bits per heavy atom. The monoisotopic (exact) mass is 248 g/mol. The summed E-state index contributed by atoms with van der Waals surface area (Å²) in [5, 5.41) is 9.28. The minimum atomic E-state index is -1.99. The molecule has 1 saturated carbocycles. The second-order valence-electron chi connectivity index (χ2n) is 6.23. The zero-order valence-electron chi connectivity index (χ0n) is 12.1. The molecule has 0 aromatic rings. The smallest absolute Gasteiger partial charge is 0.138 e. The van der Waals surface area contributed by atoms with Crippen LogP contribution in [0, 0.1) is 11.8 Å². The van der Waals surface area contributed by atoms with Crippen LogP contribution in [-0.4, -0.2) is 32.0 Å². The zero-order chi connectivity index (χ0) is 13.8. The molecular weight excluding hydrogens is 222 g/mol. The summed E-state index contributed by atoms with van der Waals surface area (Å²) in [6, 6.07) is 0. The van der Waals surface area contributed by atoms with Gasteiger partial charge in [-0.25, -0.2) is 0 Å². The van der Waals surface area contributed by atoms with Crippen molar-refractivity contribution in [2.45, 2.75) is 76.9 Å². The van der Waals surface area contributed by atoms with Crippen LogP contribution in [0.15, 0.2) is 0 Å². The van der Waals surface area contributed by atoms with Crippen molar-refractivity contribution in [1.29, 1.82) is 0 Å². The maximum Gasteiger partial charge on any atom is 0.138 e. The van der Waals surface area contributed by atoms with Crippen molar-refractivity contribution in [3.8, 4) is 0 Å². The average molecular weight is 248 g/mol. The first kappa shape index (κ1) is 16.1. The van der Waals surface area contributed by atoms with E-state index in [4.69, 9.17) is 20.4 Å². The van der Waals surface area contributed by atoms with Crippen molar-refractivity contribution < 1.29 is 9.84 Å². The average Bonchev–Trinajstić information content (AvgIpc) is 2.18. The molecule has 2 nitrogen and oxygen atoms in total. The van der Waals surface area contributed by atoms with E-state index in [2.05, 4.69) is 13.8 Å². The summed E-state index contributed by atoms with van der Waals surface area (Å²) in [7, 11) is 10.6. The van der Waals surface area contributed by atoms with Gasteiger partial charge in [-0.05, 0) is 38.0 Å². The quantitative estimate of drug-likeness (QED) is 0.528. The van der Waals surface area contributed by atoms with Gasteiger partial charge in [-0.1, -0.05) is 39.5 Å². The van der Waals surface area contributed by atoms with Crippen molar-refractivity contribution in [2.24, 2.45) is 11.8 Å². The Kier molecular flexibility index (Phi) is 5.79. The molecule has 0 aromatic heterocycles. The number of hydrogen-bond acceptors (Lipinski definition) is 2. The summed E-state index contributed by atoms with van der Waals surface area (Å²) >= 11 is 0. The summed E-state index contributed by atoms with van der Waals surface area (Å²) in [4.78, 5) is 0. The van der Waals surface area contributed by atoms with Crippen LogP contribution in [0.2, 0.25) is 0 Å². The van der Waals surface area contributed by atoms with Crippen LogP contribution in [0.4, 0.5) is 0 Å². The molecule has 4 radical (unpaired) electrons. The second-order valence-corrected chi connectivity index (χ2v) is 6.23. The van der Waals surface area contributed by atoms with Crippen LogP contribution in [0.25, 0.3) is 0 Å². The minimum Gasteiger partial charge on any atom is -0.384 e. The molecule has 4 heteroatoms. The lowest BCUT2D eigenvalue weighted by Gasteiger charge is -2.49. The predicted octanol–water partition coefficient (Wildman–Crippen LogP) is 2.72. The van der Waals surface area contributed by atoms with Crippen LogP contribution in [0.1, 0.15) is 65.7 Å². The Hall–Kier alpha value is 0.0499. The maximum absolute atomic E-state index is 9.28. The molecule has 1 fully saturated rings. The molecule has 0 aliphatic heterocycles. The first-order valence-electron chi connectivity index (χ1n) is 7.28. The molecule has 1 atom stereocenters. The summed E-state index contributed by atoms with van der Waals surface area (Å²) in [5.74, 6) is 1.52. The third-order valence-electron chi connectivity index (χ3n) is 4.06. The lowest BCUT2D eigenvalue weighted by atomic mass is 9.66. The van der Waals surface area contributed by atoms with E-state index in [1.165, 1.54) is 32.1 Å². The molecule has 0 spiro atoms. The number of rotatable bonds is 8. The van der Waals surface area contributed by atoms with Crippen LogP contribution < -0.4 is 0 Å². The molecule has 18 heavy (non-hydrogen) atoms. The number of unbranched alkanes of at least 4 members (excludes halogenated alkanes) is 1. The van der Waals surface area contributed by atoms with Gasteiger partial charge < -0.3 is 9.84 Å². The molecule has 0 saturated heterocycles. The Bertz CT molecular complexity index is 245. The molecular formula is C14H26B2O2. The van der Waals surface area contributed by atoms with Crippen LogP contribution >= 0.6 is 0 Å². The van der Waals surface area contributed by atoms with Crippen LogP contribution in [0.3, 0.4) is 0 Å². The fourth-order valence-corrected chi connectivity index (χ4v) is 3.26. The second kappa shape index (κ2) is 6.47. The van der Waals surface area contributed by atoms with Crippen LogP contribution in [-0.2, 0) is 4.74 Å². The van der Waals surface area contributed by atoms with E-state index in [1.807, 2.05) is 6.92 Å². The van der Waals surface area contributed by atoms with Crippen LogP contribution in [0.5, 0.6) is 0 Å². The Morgan fingerprint density at radius 3 is 2.44 bits per heavy atom. The highest BCUT2D eigenvalue weighted by atomic mass is 16.6. The number of ether oxygens (including phenoxy) is 1. The maximum atomic E-state index is 9.28. The summed E-state index contributed by atoms with van der Waals surface area (Å²) in [6.07, 6.45) is 8.35. The van der Waals surface area contributed by atoms with Crippen molar-refractivity contribution in [3.63, 3.8) is 0 Å². The number of aliphatic hydroxyl groups is 1. The number of hydrogen-bond donors (Lipinski definition) is 1. The van der Waals surface area contributed by atoms with Gasteiger partial charge in [0, 0.05) is 0 Å². The van der Waals surface area contributed by atoms with Gasteiger partial charge in [0.05, 0.1) is 11.2 Å². The van der Waals surface area contributed by atoms with Crippen molar-refractivity contribution in [2.75, 3.05) is 0 Å². The van der Waals surface area contributed by atoms with Crippen molar-refractivity contribution in [3.05, 3.63) is 0 Å². The van der Waals surface area contributed by atoms with Crippen molar-refractivity contribution in [1.82, 2.24) is 0 Å². The highest BCUT2D eigenvalue weighted by Gasteiger charge is 2.44. The lowest BCUT2D eigenvalue weighted by Crippen LogP contribution is -2.51. The van der Waals surface area contributed by atoms with E-state index in [-0.39, 0.29) is 5.60 Å². The first-order chi connectivity index (χ1) is 8.28. The minimum absolute atomic E-state index is 0.341. The first-order valence-corrected chi connectivity index (χ1v) is 7.28. The Morgan fingerprint density at radius 1 is 1.39 bits per heavy atom. The molecule has 1 aliphatic carbocycles. The van der Waals surface area contributed by atoms with E-state index >= 15 is 0 Å². The SMILES string of the molecule is [B]C([B])(O)OC1(C)CC(CC(CC)CCCC)C1. The molecule has 0 amide bonds. The normalized spacial score (nSPS) is 29.9. The molecule has 1 unspecified atom stereocenters. The van der Waals surface area contributed by atoms with Gasteiger partial charge in [-0.2, -0.15) is 0 Å². The largest absolute Gasteiger partial charge is 0.384 e. The van der Waals surface area contributed by atoms with Gasteiger partial charge in [0.1, 0.15) is 15.7 Å². The van der Waals surface area contributed by atoms with E-state index in [0.29, 0.717) is 5.92 Å². The van der Waals surface area contributed by atoms with Crippen molar-refractivity contribution >= 4 is 15.7 Å². The third kappa shape index (κ3) is 5.36. The molecule has 0 bridgehead atoms. The molecule has 100 valence electrons. The summed E-state index contributed by atoms with van der Waals surface area (Å²) < 4.78 is 5.30. The van der Waals surface area contributed by atoms with E-state index in [0.717, 1.165) is 18.8 Å². The van der Waals surface area contributed by atoms with Gasteiger partial charge in [-0.3, -0.25) is 0 Å². The van der Waals surface area contributed by atoms with E-state index < -0.39 is 5.59 Å². The molecule has 1 N–H and O–H groups in total. The highest BCUT2D eigenvalue weighted by molar-refractivity contribution is 6.37. The highest BCUT2D eigenvalue weighted by Crippen LogP contribution is 2.45. The zero-order valence-corrected chi connectivity index (χ0v) is 12.1. The lowest BCUT2D eigenvalue weighted by molar-refractivity contribution is -0.209. The summed E-state index contributed by atoms with van der Waals surface area (Å²) in [6.45, 7) is 6.48. The third-order valence-corrected chi connectivity index (χ3v) is 4.06. The van der Waals surface area contributed by atoms with E-state index in [9.17, 15) is 5.11 Å². The molecule has 1 rings (SSSR count). The van der Waals surface area contributed by atoms with E-state index in [1.54, 1.807) is 0 Å². The molecule has 1 aliphatic rings. The van der Waals surface area contributed by atoms with Gasteiger partial charge in [-0.15, -0.1) is 0 Å². The molecule has 0 aromatic carbocycles. The Labute approximate surface area is 115 Å². The molecule has 0 heterocycles. The summed E-state index contributed by atoms with van der Waals surface area (Å²) in [5.41, 5.74) is -2.34. The van der Waals surface area contributed by atoms with Gasteiger partial charge >= 0.3 is 0 Å². The van der Waals surface area contributed by atoms with Gasteiger partial charge in [0.15, 0.2) is 0 Å². The fraction of sp³-hybridized carbons (Fsp3) is 1.00.